The fourth-order valence-corrected chi connectivity index (χ4v) is 3.77. The van der Waals surface area contributed by atoms with Crippen molar-refractivity contribution in [2.75, 3.05) is 25.1 Å². The van der Waals surface area contributed by atoms with Crippen LogP contribution >= 0.6 is 23.4 Å². The molecule has 1 aromatic carbocycles. The van der Waals surface area contributed by atoms with Gasteiger partial charge in [0.25, 0.3) is 0 Å². The summed E-state index contributed by atoms with van der Waals surface area (Å²) in [4.78, 5) is 2.38. The maximum Gasteiger partial charge on any atom is 0.0408 e. The van der Waals surface area contributed by atoms with E-state index in [0.717, 1.165) is 23.7 Å². The molecule has 0 aliphatic carbocycles. The van der Waals surface area contributed by atoms with Crippen LogP contribution in [0, 0.1) is 0 Å². The molecule has 4 heteroatoms. The van der Waals surface area contributed by atoms with Crippen molar-refractivity contribution in [2.24, 2.45) is 5.73 Å². The van der Waals surface area contributed by atoms with Crippen molar-refractivity contribution in [3.8, 4) is 0 Å². The molecule has 1 aliphatic rings. The van der Waals surface area contributed by atoms with E-state index >= 15 is 0 Å². The Labute approximate surface area is 113 Å². The standard InChI is InChI=1S/C13H19ClN2S/c1-16-5-6-17-9-13(16)12(15)8-10-3-2-4-11(14)7-10/h2-4,7,12-13H,5-6,8-9,15H2,1H3. The van der Waals surface area contributed by atoms with E-state index in [1.807, 2.05) is 30.0 Å². The molecule has 1 saturated heterocycles. The predicted octanol–water partition coefficient (Wildman–Crippen LogP) is 2.26. The van der Waals surface area contributed by atoms with Crippen LogP contribution in [0.25, 0.3) is 0 Å². The van der Waals surface area contributed by atoms with Crippen LogP contribution in [0.5, 0.6) is 0 Å². The lowest BCUT2D eigenvalue weighted by atomic mass is 10.0. The normalized spacial score (nSPS) is 23.6. The quantitative estimate of drug-likeness (QED) is 0.914. The Kier molecular flexibility index (Phi) is 4.74. The zero-order chi connectivity index (χ0) is 12.3. The Morgan fingerprint density at radius 1 is 1.59 bits per heavy atom. The Bertz CT molecular complexity index is 372. The molecule has 0 spiro atoms. The van der Waals surface area contributed by atoms with Gasteiger partial charge in [-0.15, -0.1) is 0 Å². The maximum absolute atomic E-state index is 6.32. The highest BCUT2D eigenvalue weighted by Gasteiger charge is 2.25. The van der Waals surface area contributed by atoms with Gasteiger partial charge in [-0.25, -0.2) is 0 Å². The molecule has 1 aliphatic heterocycles. The van der Waals surface area contributed by atoms with E-state index in [4.69, 9.17) is 17.3 Å². The molecule has 2 atom stereocenters. The molecule has 2 nitrogen and oxygen atoms in total. The minimum Gasteiger partial charge on any atom is -0.326 e. The lowest BCUT2D eigenvalue weighted by Gasteiger charge is -2.36. The number of benzene rings is 1. The van der Waals surface area contributed by atoms with Crippen molar-refractivity contribution < 1.29 is 0 Å². The molecule has 0 saturated carbocycles. The summed E-state index contributed by atoms with van der Waals surface area (Å²) in [6.07, 6.45) is 0.899. The summed E-state index contributed by atoms with van der Waals surface area (Å²) in [5.74, 6) is 2.36. The molecule has 0 radical (unpaired) electrons. The van der Waals surface area contributed by atoms with Crippen molar-refractivity contribution in [3.63, 3.8) is 0 Å². The minimum absolute atomic E-state index is 0.186. The summed E-state index contributed by atoms with van der Waals surface area (Å²) in [5.41, 5.74) is 7.55. The van der Waals surface area contributed by atoms with Crippen LogP contribution in [-0.4, -0.2) is 42.1 Å². The first kappa shape index (κ1) is 13.2. The molecule has 0 amide bonds. The number of hydrogen-bond donors (Lipinski definition) is 1. The van der Waals surface area contributed by atoms with Crippen LogP contribution in [0.15, 0.2) is 24.3 Å². The van der Waals surface area contributed by atoms with Gasteiger partial charge in [0, 0.05) is 35.2 Å². The molecule has 2 unspecified atom stereocenters. The lowest BCUT2D eigenvalue weighted by Crippen LogP contribution is -2.51. The highest BCUT2D eigenvalue weighted by atomic mass is 35.5. The molecule has 17 heavy (non-hydrogen) atoms. The largest absolute Gasteiger partial charge is 0.326 e. The molecular weight excluding hydrogens is 252 g/mol. The third-order valence-electron chi connectivity index (χ3n) is 3.30. The van der Waals surface area contributed by atoms with E-state index in [1.54, 1.807) is 0 Å². The number of likely N-dealkylation sites (N-methyl/N-ethyl adjacent to an activating group) is 1. The second kappa shape index (κ2) is 6.10. The molecular formula is C13H19ClN2S. The van der Waals surface area contributed by atoms with Gasteiger partial charge in [0.2, 0.25) is 0 Å². The Morgan fingerprint density at radius 3 is 3.12 bits per heavy atom. The summed E-state index contributed by atoms with van der Waals surface area (Å²) in [7, 11) is 2.17. The summed E-state index contributed by atoms with van der Waals surface area (Å²) >= 11 is 7.99. The first-order chi connectivity index (χ1) is 8.16. The number of thioether (sulfide) groups is 1. The number of rotatable bonds is 3. The topological polar surface area (TPSA) is 29.3 Å². The van der Waals surface area contributed by atoms with Crippen molar-refractivity contribution in [2.45, 2.75) is 18.5 Å². The average molecular weight is 271 g/mol. The fourth-order valence-electron chi connectivity index (χ4n) is 2.23. The van der Waals surface area contributed by atoms with E-state index in [-0.39, 0.29) is 6.04 Å². The van der Waals surface area contributed by atoms with Crippen molar-refractivity contribution in [1.29, 1.82) is 0 Å². The van der Waals surface area contributed by atoms with E-state index in [1.165, 1.54) is 11.3 Å². The van der Waals surface area contributed by atoms with Gasteiger partial charge in [0.05, 0.1) is 0 Å². The number of nitrogens with zero attached hydrogens (tertiary/aromatic N) is 1. The summed E-state index contributed by atoms with van der Waals surface area (Å²) in [6, 6.07) is 8.67. The van der Waals surface area contributed by atoms with Gasteiger partial charge in [0.1, 0.15) is 0 Å². The van der Waals surface area contributed by atoms with Crippen LogP contribution in [0.4, 0.5) is 0 Å². The number of hydrogen-bond acceptors (Lipinski definition) is 3. The molecule has 0 bridgehead atoms. The third-order valence-corrected chi connectivity index (χ3v) is 4.58. The number of halogens is 1. The maximum atomic E-state index is 6.32. The summed E-state index contributed by atoms with van der Waals surface area (Å²) in [6.45, 7) is 1.14. The molecule has 1 fully saturated rings. The van der Waals surface area contributed by atoms with Crippen molar-refractivity contribution in [3.05, 3.63) is 34.9 Å². The smallest absolute Gasteiger partial charge is 0.0408 e. The van der Waals surface area contributed by atoms with Crippen LogP contribution in [0.3, 0.4) is 0 Å². The highest BCUT2D eigenvalue weighted by Crippen LogP contribution is 2.19. The number of nitrogens with two attached hydrogens (primary N) is 1. The zero-order valence-electron chi connectivity index (χ0n) is 10.1. The monoisotopic (exact) mass is 270 g/mol. The second-order valence-electron chi connectivity index (χ2n) is 4.62. The van der Waals surface area contributed by atoms with E-state index in [2.05, 4.69) is 18.0 Å². The lowest BCUT2D eigenvalue weighted by molar-refractivity contribution is 0.235. The average Bonchev–Trinajstić information content (AvgIpc) is 2.29. The molecule has 1 heterocycles. The van der Waals surface area contributed by atoms with Crippen LogP contribution in [0.2, 0.25) is 5.02 Å². The Hall–Kier alpha value is -0.220. The van der Waals surface area contributed by atoms with E-state index in [0.29, 0.717) is 6.04 Å². The van der Waals surface area contributed by atoms with Gasteiger partial charge in [-0.05, 0) is 31.2 Å². The second-order valence-corrected chi connectivity index (χ2v) is 6.21. The summed E-state index contributed by atoms with van der Waals surface area (Å²) in [5, 5.41) is 0.793. The minimum atomic E-state index is 0.186. The van der Waals surface area contributed by atoms with Crippen molar-refractivity contribution in [1.82, 2.24) is 4.90 Å². The molecule has 2 N–H and O–H groups in total. The third kappa shape index (κ3) is 3.62. The molecule has 2 rings (SSSR count). The van der Waals surface area contributed by atoms with Crippen molar-refractivity contribution >= 4 is 23.4 Å². The molecule has 94 valence electrons. The van der Waals surface area contributed by atoms with E-state index < -0.39 is 0 Å². The first-order valence-corrected chi connectivity index (χ1v) is 7.48. The van der Waals surface area contributed by atoms with Gasteiger partial charge in [0.15, 0.2) is 0 Å². The zero-order valence-corrected chi connectivity index (χ0v) is 11.7. The molecule has 0 aromatic heterocycles. The van der Waals surface area contributed by atoms with Gasteiger partial charge < -0.3 is 10.6 Å². The molecule has 1 aromatic rings. The van der Waals surface area contributed by atoms with Gasteiger partial charge >= 0.3 is 0 Å². The van der Waals surface area contributed by atoms with Gasteiger partial charge in [-0.3, -0.25) is 0 Å². The van der Waals surface area contributed by atoms with Crippen LogP contribution in [-0.2, 0) is 6.42 Å². The predicted molar refractivity (Wildman–Crippen MR) is 76.9 cm³/mol. The van der Waals surface area contributed by atoms with E-state index in [9.17, 15) is 0 Å². The van der Waals surface area contributed by atoms with Crippen LogP contribution < -0.4 is 5.73 Å². The highest BCUT2D eigenvalue weighted by molar-refractivity contribution is 7.99. The SMILES string of the molecule is CN1CCSCC1C(N)Cc1cccc(Cl)c1. The summed E-state index contributed by atoms with van der Waals surface area (Å²) < 4.78 is 0. The first-order valence-electron chi connectivity index (χ1n) is 5.95. The van der Waals surface area contributed by atoms with Crippen LogP contribution in [0.1, 0.15) is 5.56 Å². The Morgan fingerprint density at radius 2 is 2.41 bits per heavy atom. The fraction of sp³-hybridized carbons (Fsp3) is 0.538. The van der Waals surface area contributed by atoms with Gasteiger partial charge in [-0.1, -0.05) is 23.7 Å². The Balaban J connectivity index is 1.98. The van der Waals surface area contributed by atoms with Gasteiger partial charge in [-0.2, -0.15) is 11.8 Å².